The summed E-state index contributed by atoms with van der Waals surface area (Å²) in [5.41, 5.74) is 0.240. The van der Waals surface area contributed by atoms with Crippen molar-refractivity contribution in [3.8, 4) is 22.6 Å². The number of halogens is 3. The Balaban J connectivity index is 2.03. The van der Waals surface area contributed by atoms with Gasteiger partial charge in [-0.15, -0.1) is 0 Å². The van der Waals surface area contributed by atoms with Gasteiger partial charge in [0, 0.05) is 24.4 Å². The van der Waals surface area contributed by atoms with Gasteiger partial charge in [-0.3, -0.25) is 4.68 Å². The molecule has 0 saturated heterocycles. The fourth-order valence-corrected chi connectivity index (χ4v) is 3.26. The zero-order chi connectivity index (χ0) is 20.5. The SMILES string of the molecule is CNS(=O)(=O)c1ccc(Oc2ccc(C(F)(F)F)cc2)c(-c2cnn(C)c2)c1. The summed E-state index contributed by atoms with van der Waals surface area (Å²) in [6, 6.07) is 8.46. The largest absolute Gasteiger partial charge is 0.457 e. The first kappa shape index (κ1) is 19.9. The lowest BCUT2D eigenvalue weighted by atomic mass is 10.1. The van der Waals surface area contributed by atoms with Gasteiger partial charge in [0.2, 0.25) is 10.0 Å². The van der Waals surface area contributed by atoms with Crippen LogP contribution in [0.15, 0.2) is 59.8 Å². The van der Waals surface area contributed by atoms with Crippen molar-refractivity contribution in [2.75, 3.05) is 7.05 Å². The molecule has 0 radical (unpaired) electrons. The lowest BCUT2D eigenvalue weighted by Gasteiger charge is -2.13. The van der Waals surface area contributed by atoms with E-state index in [9.17, 15) is 21.6 Å². The molecule has 3 aromatic rings. The van der Waals surface area contributed by atoms with E-state index in [0.717, 1.165) is 12.1 Å². The molecular weight excluding hydrogens is 395 g/mol. The van der Waals surface area contributed by atoms with Crippen LogP contribution in [0.25, 0.3) is 11.1 Å². The van der Waals surface area contributed by atoms with Crippen LogP contribution in [0.4, 0.5) is 13.2 Å². The molecule has 0 saturated carbocycles. The molecule has 1 heterocycles. The highest BCUT2D eigenvalue weighted by Crippen LogP contribution is 2.36. The molecule has 148 valence electrons. The molecule has 0 aliphatic heterocycles. The van der Waals surface area contributed by atoms with Crippen LogP contribution < -0.4 is 9.46 Å². The Morgan fingerprint density at radius 1 is 1.11 bits per heavy atom. The number of rotatable bonds is 5. The maximum atomic E-state index is 12.7. The third-order valence-corrected chi connectivity index (χ3v) is 5.37. The van der Waals surface area contributed by atoms with Crippen LogP contribution in [-0.4, -0.2) is 25.2 Å². The summed E-state index contributed by atoms with van der Waals surface area (Å²) in [6.45, 7) is 0. The zero-order valence-electron chi connectivity index (χ0n) is 14.9. The maximum absolute atomic E-state index is 12.7. The van der Waals surface area contributed by atoms with Gasteiger partial charge in [-0.25, -0.2) is 13.1 Å². The van der Waals surface area contributed by atoms with Gasteiger partial charge < -0.3 is 4.74 Å². The Hall–Kier alpha value is -2.85. The third kappa shape index (κ3) is 4.18. The first-order valence-electron chi connectivity index (χ1n) is 8.02. The monoisotopic (exact) mass is 411 g/mol. The van der Waals surface area contributed by atoms with Crippen LogP contribution in [-0.2, 0) is 23.2 Å². The Morgan fingerprint density at radius 2 is 1.79 bits per heavy atom. The fraction of sp³-hybridized carbons (Fsp3) is 0.167. The van der Waals surface area contributed by atoms with E-state index in [1.807, 2.05) is 0 Å². The Kier molecular flexibility index (Phi) is 5.18. The minimum Gasteiger partial charge on any atom is -0.457 e. The lowest BCUT2D eigenvalue weighted by molar-refractivity contribution is -0.137. The second-order valence-electron chi connectivity index (χ2n) is 5.89. The van der Waals surface area contributed by atoms with Crippen LogP contribution in [0.3, 0.4) is 0 Å². The van der Waals surface area contributed by atoms with E-state index in [0.29, 0.717) is 11.1 Å². The average Bonchev–Trinajstić information content (AvgIpc) is 3.08. The lowest BCUT2D eigenvalue weighted by Crippen LogP contribution is -2.18. The standard InChI is InChI=1S/C18H16F3N3O3S/c1-22-28(25,26)15-7-8-17(16(9-15)12-10-23-24(2)11-12)27-14-5-3-13(4-6-14)18(19,20)21/h3-11,22H,1-2H3. The van der Waals surface area contributed by atoms with E-state index in [1.165, 1.54) is 48.3 Å². The van der Waals surface area contributed by atoms with E-state index in [2.05, 4.69) is 9.82 Å². The predicted molar refractivity (Wildman–Crippen MR) is 96.4 cm³/mol. The smallest absolute Gasteiger partial charge is 0.416 e. The minimum absolute atomic E-state index is 0.0219. The maximum Gasteiger partial charge on any atom is 0.416 e. The number of nitrogens with zero attached hydrogens (tertiary/aromatic N) is 2. The molecular formula is C18H16F3N3O3S. The summed E-state index contributed by atoms with van der Waals surface area (Å²) in [4.78, 5) is 0.0219. The quantitative estimate of drug-likeness (QED) is 0.693. The van der Waals surface area contributed by atoms with Crippen LogP contribution in [0.2, 0.25) is 0 Å². The molecule has 3 rings (SSSR count). The van der Waals surface area contributed by atoms with Crippen LogP contribution in [0.1, 0.15) is 5.56 Å². The van der Waals surface area contributed by atoms with Crippen molar-refractivity contribution in [2.45, 2.75) is 11.1 Å². The average molecular weight is 411 g/mol. The van der Waals surface area contributed by atoms with Gasteiger partial charge in [0.15, 0.2) is 0 Å². The van der Waals surface area contributed by atoms with Gasteiger partial charge in [-0.05, 0) is 49.5 Å². The van der Waals surface area contributed by atoms with Crippen molar-refractivity contribution in [3.05, 3.63) is 60.4 Å². The Labute approximate surface area is 159 Å². The summed E-state index contributed by atoms with van der Waals surface area (Å²) >= 11 is 0. The number of benzene rings is 2. The Bertz CT molecular complexity index is 1090. The number of ether oxygens (including phenoxy) is 1. The number of aryl methyl sites for hydroxylation is 1. The topological polar surface area (TPSA) is 73.2 Å². The van der Waals surface area contributed by atoms with Gasteiger partial charge in [-0.2, -0.15) is 18.3 Å². The van der Waals surface area contributed by atoms with Gasteiger partial charge in [0.25, 0.3) is 0 Å². The summed E-state index contributed by atoms with van der Waals surface area (Å²) in [7, 11) is -0.691. The van der Waals surface area contributed by atoms with Crippen molar-refractivity contribution in [1.29, 1.82) is 0 Å². The van der Waals surface area contributed by atoms with Crippen molar-refractivity contribution < 1.29 is 26.3 Å². The highest BCUT2D eigenvalue weighted by Gasteiger charge is 2.30. The molecule has 28 heavy (non-hydrogen) atoms. The van der Waals surface area contributed by atoms with E-state index in [-0.39, 0.29) is 16.4 Å². The summed E-state index contributed by atoms with van der Waals surface area (Å²) < 4.78 is 71.9. The fourth-order valence-electron chi connectivity index (χ4n) is 2.51. The summed E-state index contributed by atoms with van der Waals surface area (Å²) in [6.07, 6.45) is -1.24. The molecule has 10 heteroatoms. The molecule has 0 unspecified atom stereocenters. The molecule has 0 spiro atoms. The van der Waals surface area contributed by atoms with Crippen molar-refractivity contribution in [1.82, 2.24) is 14.5 Å². The van der Waals surface area contributed by atoms with Gasteiger partial charge in [0.1, 0.15) is 11.5 Å². The molecule has 0 aliphatic carbocycles. The summed E-state index contributed by atoms with van der Waals surface area (Å²) in [5.74, 6) is 0.463. The van der Waals surface area contributed by atoms with Gasteiger partial charge in [-0.1, -0.05) is 0 Å². The number of aromatic nitrogens is 2. The van der Waals surface area contributed by atoms with E-state index >= 15 is 0 Å². The molecule has 0 amide bonds. The van der Waals surface area contributed by atoms with Crippen LogP contribution in [0.5, 0.6) is 11.5 Å². The minimum atomic E-state index is -4.44. The second-order valence-corrected chi connectivity index (χ2v) is 7.78. The van der Waals surface area contributed by atoms with Gasteiger partial charge in [0.05, 0.1) is 16.7 Å². The second kappa shape index (κ2) is 7.28. The third-order valence-electron chi connectivity index (χ3n) is 3.96. The molecule has 0 aliphatic rings. The highest BCUT2D eigenvalue weighted by molar-refractivity contribution is 7.89. The molecule has 0 bridgehead atoms. The number of hydrogen-bond acceptors (Lipinski definition) is 4. The number of nitrogens with one attached hydrogen (secondary N) is 1. The molecule has 2 aromatic carbocycles. The summed E-state index contributed by atoms with van der Waals surface area (Å²) in [5, 5.41) is 4.06. The Morgan fingerprint density at radius 3 is 2.32 bits per heavy atom. The van der Waals surface area contributed by atoms with Crippen LogP contribution in [0, 0.1) is 0 Å². The van der Waals surface area contributed by atoms with Crippen molar-refractivity contribution in [3.63, 3.8) is 0 Å². The molecule has 1 N–H and O–H groups in total. The van der Waals surface area contributed by atoms with Crippen LogP contribution >= 0.6 is 0 Å². The van der Waals surface area contributed by atoms with E-state index in [4.69, 9.17) is 4.74 Å². The molecule has 6 nitrogen and oxygen atoms in total. The predicted octanol–water partition coefficient (Wildman–Crippen LogP) is 3.81. The number of sulfonamides is 1. The van der Waals surface area contributed by atoms with Crippen molar-refractivity contribution in [2.24, 2.45) is 7.05 Å². The molecule has 0 fully saturated rings. The van der Waals surface area contributed by atoms with E-state index in [1.54, 1.807) is 13.2 Å². The molecule has 0 atom stereocenters. The normalized spacial score (nSPS) is 12.2. The highest BCUT2D eigenvalue weighted by atomic mass is 32.2. The molecule has 1 aromatic heterocycles. The number of alkyl halides is 3. The van der Waals surface area contributed by atoms with E-state index < -0.39 is 21.8 Å². The number of hydrogen-bond donors (Lipinski definition) is 1. The zero-order valence-corrected chi connectivity index (χ0v) is 15.7. The van der Waals surface area contributed by atoms with Crippen molar-refractivity contribution >= 4 is 10.0 Å². The first-order chi connectivity index (χ1) is 13.1. The van der Waals surface area contributed by atoms with Gasteiger partial charge >= 0.3 is 6.18 Å². The first-order valence-corrected chi connectivity index (χ1v) is 9.50.